The molecule has 0 aliphatic heterocycles. The smallest absolute Gasteiger partial charge is 0.267 e. The molecule has 7 heteroatoms. The van der Waals surface area contributed by atoms with Gasteiger partial charge in [-0.3, -0.25) is 9.78 Å². The van der Waals surface area contributed by atoms with Crippen LogP contribution in [0.4, 0.5) is 0 Å². The molecule has 27 heavy (non-hydrogen) atoms. The number of pyridine rings is 1. The number of benzene rings is 2. The molecule has 0 saturated heterocycles. The van der Waals surface area contributed by atoms with Crippen LogP contribution < -0.4 is 5.43 Å². The second kappa shape index (κ2) is 8.53. The maximum Gasteiger partial charge on any atom is 0.273 e. The number of hydrogen-bond donors (Lipinski definition) is 1. The van der Waals surface area contributed by atoms with Crippen molar-refractivity contribution in [3.63, 3.8) is 0 Å². The Bertz CT molecular complexity index is 1020. The van der Waals surface area contributed by atoms with E-state index in [1.165, 1.54) is 6.21 Å². The molecule has 0 atom stereocenters. The van der Waals surface area contributed by atoms with Gasteiger partial charge >= 0.3 is 0 Å². The van der Waals surface area contributed by atoms with Crippen LogP contribution in [-0.4, -0.2) is 17.1 Å². The van der Waals surface area contributed by atoms with E-state index in [0.717, 1.165) is 11.3 Å². The highest BCUT2D eigenvalue weighted by molar-refractivity contribution is 6.36. The van der Waals surface area contributed by atoms with E-state index in [0.29, 0.717) is 31.9 Å². The minimum absolute atomic E-state index is 0.357. The molecule has 0 unspecified atom stereocenters. The molecule has 0 saturated carbocycles. The number of halogens is 3. The molecule has 3 aromatic rings. The molecule has 0 spiro atoms. The fraction of sp³-hybridized carbons (Fsp3) is 0.0500. The summed E-state index contributed by atoms with van der Waals surface area (Å²) in [6.07, 6.45) is 1.46. The van der Waals surface area contributed by atoms with Gasteiger partial charge < -0.3 is 0 Å². The van der Waals surface area contributed by atoms with Crippen molar-refractivity contribution in [2.45, 2.75) is 6.92 Å². The predicted octanol–water partition coefficient (Wildman–Crippen LogP) is 5.78. The van der Waals surface area contributed by atoms with Crippen LogP contribution in [0.25, 0.3) is 11.3 Å². The fourth-order valence-electron chi connectivity index (χ4n) is 2.41. The van der Waals surface area contributed by atoms with Crippen LogP contribution in [-0.2, 0) is 0 Å². The number of hydrogen-bond acceptors (Lipinski definition) is 3. The Morgan fingerprint density at radius 1 is 1.00 bits per heavy atom. The molecule has 1 amide bonds. The lowest BCUT2D eigenvalue weighted by molar-refractivity contribution is 0.0954. The molecular formula is C20H14Cl3N3O. The molecule has 1 aromatic heterocycles. The van der Waals surface area contributed by atoms with Crippen molar-refractivity contribution in [3.05, 3.63) is 86.5 Å². The maximum atomic E-state index is 12.4. The standard InChI is InChI=1S/C20H14Cl3N3O/c1-12-17(8-9-19(25-12)13-2-5-15(21)6-3-13)20(27)26-24-11-14-4-7-16(22)10-18(14)23/h2-11H,1H3,(H,26,27)/b24-11+. The van der Waals surface area contributed by atoms with Gasteiger partial charge in [0.2, 0.25) is 0 Å². The highest BCUT2D eigenvalue weighted by atomic mass is 35.5. The Morgan fingerprint density at radius 2 is 1.70 bits per heavy atom. The average molecular weight is 419 g/mol. The van der Waals surface area contributed by atoms with E-state index < -0.39 is 0 Å². The van der Waals surface area contributed by atoms with Gasteiger partial charge in [0.1, 0.15) is 0 Å². The largest absolute Gasteiger partial charge is 0.273 e. The highest BCUT2D eigenvalue weighted by Crippen LogP contribution is 2.21. The zero-order valence-corrected chi connectivity index (χ0v) is 16.5. The average Bonchev–Trinajstić information content (AvgIpc) is 2.64. The second-order valence-electron chi connectivity index (χ2n) is 5.70. The molecule has 136 valence electrons. The summed E-state index contributed by atoms with van der Waals surface area (Å²) in [6, 6.07) is 15.9. The SMILES string of the molecule is Cc1nc(-c2ccc(Cl)cc2)ccc1C(=O)N/N=C/c1ccc(Cl)cc1Cl. The number of nitrogens with one attached hydrogen (secondary N) is 1. The number of amides is 1. The van der Waals surface area contributed by atoms with E-state index in [9.17, 15) is 4.79 Å². The lowest BCUT2D eigenvalue weighted by Gasteiger charge is -2.07. The van der Waals surface area contributed by atoms with Crippen molar-refractivity contribution < 1.29 is 4.79 Å². The Balaban J connectivity index is 1.73. The van der Waals surface area contributed by atoms with Gasteiger partial charge in [-0.2, -0.15) is 5.10 Å². The Labute approximate surface area is 171 Å². The van der Waals surface area contributed by atoms with Crippen molar-refractivity contribution in [2.24, 2.45) is 5.10 Å². The third-order valence-corrected chi connectivity index (χ3v) is 4.62. The quantitative estimate of drug-likeness (QED) is 0.431. The summed E-state index contributed by atoms with van der Waals surface area (Å²) in [6.45, 7) is 1.77. The van der Waals surface area contributed by atoms with Crippen molar-refractivity contribution in [1.29, 1.82) is 0 Å². The number of carbonyl (C=O) groups excluding carboxylic acids is 1. The summed E-state index contributed by atoms with van der Waals surface area (Å²) in [5.74, 6) is -0.357. The van der Waals surface area contributed by atoms with Crippen molar-refractivity contribution >= 4 is 46.9 Å². The van der Waals surface area contributed by atoms with Crippen LogP contribution in [0.2, 0.25) is 15.1 Å². The van der Waals surface area contributed by atoms with E-state index in [2.05, 4.69) is 15.5 Å². The minimum atomic E-state index is -0.357. The summed E-state index contributed by atoms with van der Waals surface area (Å²) >= 11 is 17.8. The summed E-state index contributed by atoms with van der Waals surface area (Å²) in [5.41, 5.74) is 5.84. The van der Waals surface area contributed by atoms with Gasteiger partial charge in [0.25, 0.3) is 5.91 Å². The molecule has 0 aliphatic rings. The first-order valence-electron chi connectivity index (χ1n) is 7.96. The number of hydrazone groups is 1. The van der Waals surface area contributed by atoms with Gasteiger partial charge in [-0.1, -0.05) is 53.0 Å². The van der Waals surface area contributed by atoms with Gasteiger partial charge in [0.15, 0.2) is 0 Å². The summed E-state index contributed by atoms with van der Waals surface area (Å²) in [7, 11) is 0. The first-order valence-corrected chi connectivity index (χ1v) is 9.09. The topological polar surface area (TPSA) is 54.4 Å². The molecule has 0 aliphatic carbocycles. The summed E-state index contributed by atoms with van der Waals surface area (Å²) in [4.78, 5) is 16.8. The van der Waals surface area contributed by atoms with Crippen LogP contribution >= 0.6 is 34.8 Å². The lowest BCUT2D eigenvalue weighted by Crippen LogP contribution is -2.19. The van der Waals surface area contributed by atoms with Gasteiger partial charge in [0, 0.05) is 21.2 Å². The van der Waals surface area contributed by atoms with Crippen LogP contribution in [0.1, 0.15) is 21.6 Å². The van der Waals surface area contributed by atoms with Crippen molar-refractivity contribution in [2.75, 3.05) is 0 Å². The second-order valence-corrected chi connectivity index (χ2v) is 6.98. The predicted molar refractivity (Wildman–Crippen MR) is 111 cm³/mol. The monoisotopic (exact) mass is 417 g/mol. The first-order chi connectivity index (χ1) is 12.9. The van der Waals surface area contributed by atoms with Crippen LogP contribution in [0.5, 0.6) is 0 Å². The fourth-order valence-corrected chi connectivity index (χ4v) is 2.99. The molecule has 1 heterocycles. The molecule has 4 nitrogen and oxygen atoms in total. The Hall–Kier alpha value is -2.40. The molecule has 0 bridgehead atoms. The van der Waals surface area contributed by atoms with Gasteiger partial charge in [-0.05, 0) is 43.3 Å². The number of aromatic nitrogens is 1. The number of aryl methyl sites for hydroxylation is 1. The Kier molecular flexibility index (Phi) is 6.11. The van der Waals surface area contributed by atoms with Gasteiger partial charge in [-0.25, -0.2) is 5.43 Å². The van der Waals surface area contributed by atoms with Gasteiger partial charge in [-0.15, -0.1) is 0 Å². The Morgan fingerprint density at radius 3 is 2.37 bits per heavy atom. The molecule has 2 aromatic carbocycles. The van der Waals surface area contributed by atoms with Crippen LogP contribution in [0.15, 0.2) is 59.7 Å². The van der Waals surface area contributed by atoms with Crippen molar-refractivity contribution in [3.8, 4) is 11.3 Å². The van der Waals surface area contributed by atoms with Crippen LogP contribution in [0.3, 0.4) is 0 Å². The maximum absolute atomic E-state index is 12.4. The summed E-state index contributed by atoms with van der Waals surface area (Å²) < 4.78 is 0. The molecule has 1 N–H and O–H groups in total. The van der Waals surface area contributed by atoms with Crippen molar-refractivity contribution in [1.82, 2.24) is 10.4 Å². The zero-order valence-electron chi connectivity index (χ0n) is 14.2. The minimum Gasteiger partial charge on any atom is -0.267 e. The number of nitrogens with zero attached hydrogens (tertiary/aromatic N) is 2. The van der Waals surface area contributed by atoms with Gasteiger partial charge in [0.05, 0.1) is 28.2 Å². The number of carbonyl (C=O) groups is 1. The third-order valence-electron chi connectivity index (χ3n) is 3.80. The number of rotatable bonds is 4. The zero-order chi connectivity index (χ0) is 19.4. The van der Waals surface area contributed by atoms with E-state index >= 15 is 0 Å². The van der Waals surface area contributed by atoms with E-state index in [1.54, 1.807) is 49.4 Å². The van der Waals surface area contributed by atoms with E-state index in [-0.39, 0.29) is 5.91 Å². The third kappa shape index (κ3) is 4.86. The van der Waals surface area contributed by atoms with Crippen LogP contribution in [0, 0.1) is 6.92 Å². The normalized spacial score (nSPS) is 11.0. The molecule has 3 rings (SSSR count). The highest BCUT2D eigenvalue weighted by Gasteiger charge is 2.11. The molecule has 0 radical (unpaired) electrons. The summed E-state index contributed by atoms with van der Waals surface area (Å²) in [5, 5.41) is 5.58. The lowest BCUT2D eigenvalue weighted by atomic mass is 10.1. The van der Waals surface area contributed by atoms with E-state index in [4.69, 9.17) is 34.8 Å². The first kappa shape index (κ1) is 19.4. The molecular weight excluding hydrogens is 405 g/mol. The molecule has 0 fully saturated rings. The van der Waals surface area contributed by atoms with E-state index in [1.807, 2.05) is 12.1 Å².